The van der Waals surface area contributed by atoms with Gasteiger partial charge in [-0.15, -0.1) is 0 Å². The van der Waals surface area contributed by atoms with Crippen LogP contribution in [0.1, 0.15) is 18.4 Å². The average molecular weight is 244 g/mol. The molecule has 1 spiro atoms. The standard InChI is InChI=1S/C14H16N2O2/c15-10-12-4-1-2-5-13(12)16-7-3-6-14(11-16)17-8-9-18-14/h1-2,4-5H,3,6-9,11H2. The quantitative estimate of drug-likeness (QED) is 0.757. The summed E-state index contributed by atoms with van der Waals surface area (Å²) >= 11 is 0. The monoisotopic (exact) mass is 244 g/mol. The highest BCUT2D eigenvalue weighted by Gasteiger charge is 2.41. The Kier molecular flexibility index (Phi) is 2.94. The fourth-order valence-electron chi connectivity index (χ4n) is 2.77. The molecule has 4 heteroatoms. The predicted octanol–water partition coefficient (Wildman–Crippen LogP) is 1.90. The van der Waals surface area contributed by atoms with E-state index in [1.807, 2.05) is 24.3 Å². The van der Waals surface area contributed by atoms with E-state index in [0.29, 0.717) is 25.3 Å². The topological polar surface area (TPSA) is 45.5 Å². The van der Waals surface area contributed by atoms with E-state index in [4.69, 9.17) is 14.7 Å². The summed E-state index contributed by atoms with van der Waals surface area (Å²) in [7, 11) is 0. The van der Waals surface area contributed by atoms with Gasteiger partial charge >= 0.3 is 0 Å². The molecule has 2 heterocycles. The van der Waals surface area contributed by atoms with E-state index in [2.05, 4.69) is 11.0 Å². The summed E-state index contributed by atoms with van der Waals surface area (Å²) in [6.07, 6.45) is 1.97. The first-order chi connectivity index (χ1) is 8.83. The molecule has 0 unspecified atom stereocenters. The van der Waals surface area contributed by atoms with E-state index in [1.165, 1.54) is 0 Å². The third kappa shape index (κ3) is 1.96. The first-order valence-electron chi connectivity index (χ1n) is 6.35. The fourth-order valence-corrected chi connectivity index (χ4v) is 2.77. The van der Waals surface area contributed by atoms with Crippen molar-refractivity contribution in [2.75, 3.05) is 31.2 Å². The molecule has 18 heavy (non-hydrogen) atoms. The Balaban J connectivity index is 1.86. The van der Waals surface area contributed by atoms with Gasteiger partial charge in [-0.05, 0) is 18.6 Å². The van der Waals surface area contributed by atoms with Crippen LogP contribution in [0.25, 0.3) is 0 Å². The number of rotatable bonds is 1. The van der Waals surface area contributed by atoms with Gasteiger partial charge in [-0.1, -0.05) is 12.1 Å². The zero-order valence-electron chi connectivity index (χ0n) is 10.3. The molecule has 1 aromatic rings. The maximum Gasteiger partial charge on any atom is 0.186 e. The highest BCUT2D eigenvalue weighted by atomic mass is 16.7. The van der Waals surface area contributed by atoms with Crippen LogP contribution in [0.4, 0.5) is 5.69 Å². The van der Waals surface area contributed by atoms with Crippen molar-refractivity contribution < 1.29 is 9.47 Å². The maximum absolute atomic E-state index is 9.17. The molecule has 3 rings (SSSR count). The number of nitriles is 1. The maximum atomic E-state index is 9.17. The van der Waals surface area contributed by atoms with Crippen LogP contribution in [0.3, 0.4) is 0 Å². The lowest BCUT2D eigenvalue weighted by atomic mass is 10.0. The van der Waals surface area contributed by atoms with Crippen molar-refractivity contribution in [1.82, 2.24) is 0 Å². The summed E-state index contributed by atoms with van der Waals surface area (Å²) < 4.78 is 11.5. The molecule has 0 radical (unpaired) electrons. The van der Waals surface area contributed by atoms with Crippen LogP contribution < -0.4 is 4.90 Å². The van der Waals surface area contributed by atoms with Gasteiger partial charge in [-0.25, -0.2) is 0 Å². The summed E-state index contributed by atoms with van der Waals surface area (Å²) in [6.45, 7) is 3.01. The van der Waals surface area contributed by atoms with E-state index in [0.717, 1.165) is 25.1 Å². The molecule has 94 valence electrons. The number of hydrogen-bond acceptors (Lipinski definition) is 4. The third-order valence-corrected chi connectivity index (χ3v) is 3.60. The number of benzene rings is 1. The van der Waals surface area contributed by atoms with E-state index in [1.54, 1.807) is 0 Å². The molecule has 0 amide bonds. The van der Waals surface area contributed by atoms with Crippen LogP contribution >= 0.6 is 0 Å². The molecule has 0 atom stereocenters. The minimum absolute atomic E-state index is 0.444. The number of nitrogens with zero attached hydrogens (tertiary/aromatic N) is 2. The first kappa shape index (κ1) is 11.5. The Morgan fingerprint density at radius 3 is 2.78 bits per heavy atom. The molecular formula is C14H16N2O2. The summed E-state index contributed by atoms with van der Waals surface area (Å²) in [5.74, 6) is -0.444. The second-order valence-electron chi connectivity index (χ2n) is 4.76. The molecule has 2 fully saturated rings. The zero-order valence-corrected chi connectivity index (χ0v) is 10.3. The van der Waals surface area contributed by atoms with Gasteiger partial charge in [0.2, 0.25) is 0 Å². The molecular weight excluding hydrogens is 228 g/mol. The van der Waals surface area contributed by atoms with E-state index in [-0.39, 0.29) is 0 Å². The number of hydrogen-bond donors (Lipinski definition) is 0. The SMILES string of the molecule is N#Cc1ccccc1N1CCCC2(C1)OCCO2. The van der Waals surface area contributed by atoms with Crippen LogP contribution in [-0.4, -0.2) is 32.1 Å². The minimum atomic E-state index is -0.444. The number of ether oxygens (including phenoxy) is 2. The van der Waals surface area contributed by atoms with Crippen molar-refractivity contribution >= 4 is 5.69 Å². The molecule has 4 nitrogen and oxygen atoms in total. The van der Waals surface area contributed by atoms with Crippen LogP contribution in [-0.2, 0) is 9.47 Å². The van der Waals surface area contributed by atoms with Gasteiger partial charge in [-0.3, -0.25) is 0 Å². The molecule has 0 saturated carbocycles. The summed E-state index contributed by atoms with van der Waals surface area (Å²) in [5.41, 5.74) is 1.70. The summed E-state index contributed by atoms with van der Waals surface area (Å²) in [5, 5.41) is 9.17. The fraction of sp³-hybridized carbons (Fsp3) is 0.500. The van der Waals surface area contributed by atoms with Gasteiger partial charge < -0.3 is 14.4 Å². The van der Waals surface area contributed by atoms with Crippen LogP contribution in [0.5, 0.6) is 0 Å². The molecule has 0 N–H and O–H groups in total. The molecule has 1 aromatic carbocycles. The first-order valence-corrected chi connectivity index (χ1v) is 6.35. The van der Waals surface area contributed by atoms with Crippen molar-refractivity contribution in [3.63, 3.8) is 0 Å². The molecule has 2 saturated heterocycles. The average Bonchev–Trinajstić information content (AvgIpc) is 2.86. The minimum Gasteiger partial charge on any atom is -0.365 e. The van der Waals surface area contributed by atoms with Gasteiger partial charge in [-0.2, -0.15) is 5.26 Å². The Morgan fingerprint density at radius 2 is 2.00 bits per heavy atom. The molecule has 0 aliphatic carbocycles. The lowest BCUT2D eigenvalue weighted by Crippen LogP contribution is -2.49. The van der Waals surface area contributed by atoms with Crippen molar-refractivity contribution in [2.24, 2.45) is 0 Å². The van der Waals surface area contributed by atoms with Gasteiger partial charge in [0.1, 0.15) is 6.07 Å². The number of piperidine rings is 1. The zero-order chi connectivity index (χ0) is 12.4. The van der Waals surface area contributed by atoms with Crippen molar-refractivity contribution in [1.29, 1.82) is 5.26 Å². The van der Waals surface area contributed by atoms with Gasteiger partial charge in [0, 0.05) is 13.0 Å². The van der Waals surface area contributed by atoms with Crippen LogP contribution in [0.15, 0.2) is 24.3 Å². The summed E-state index contributed by atoms with van der Waals surface area (Å²) in [4.78, 5) is 2.20. The smallest absolute Gasteiger partial charge is 0.186 e. The highest BCUT2D eigenvalue weighted by molar-refractivity contribution is 5.59. The predicted molar refractivity (Wildman–Crippen MR) is 67.2 cm³/mol. The lowest BCUT2D eigenvalue weighted by molar-refractivity contribution is -0.161. The molecule has 2 aliphatic rings. The third-order valence-electron chi connectivity index (χ3n) is 3.60. The Hall–Kier alpha value is -1.57. The lowest BCUT2D eigenvalue weighted by Gasteiger charge is -2.40. The van der Waals surface area contributed by atoms with E-state index < -0.39 is 5.79 Å². The Labute approximate surface area is 107 Å². The van der Waals surface area contributed by atoms with E-state index >= 15 is 0 Å². The van der Waals surface area contributed by atoms with Crippen LogP contribution in [0.2, 0.25) is 0 Å². The normalized spacial score (nSPS) is 22.1. The van der Waals surface area contributed by atoms with E-state index in [9.17, 15) is 0 Å². The molecule has 2 aliphatic heterocycles. The molecule has 0 bridgehead atoms. The van der Waals surface area contributed by atoms with Crippen molar-refractivity contribution in [3.05, 3.63) is 29.8 Å². The van der Waals surface area contributed by atoms with Crippen LogP contribution in [0, 0.1) is 11.3 Å². The highest BCUT2D eigenvalue weighted by Crippen LogP contribution is 2.33. The second-order valence-corrected chi connectivity index (χ2v) is 4.76. The Bertz CT molecular complexity index is 475. The van der Waals surface area contributed by atoms with Crippen molar-refractivity contribution in [3.8, 4) is 6.07 Å². The number of anilines is 1. The Morgan fingerprint density at radius 1 is 1.22 bits per heavy atom. The van der Waals surface area contributed by atoms with Gasteiger partial charge in [0.05, 0.1) is 31.0 Å². The van der Waals surface area contributed by atoms with Crippen molar-refractivity contribution in [2.45, 2.75) is 18.6 Å². The number of para-hydroxylation sites is 1. The van der Waals surface area contributed by atoms with Gasteiger partial charge in [0.15, 0.2) is 5.79 Å². The second kappa shape index (κ2) is 4.60. The largest absolute Gasteiger partial charge is 0.365 e. The summed E-state index contributed by atoms with van der Waals surface area (Å²) in [6, 6.07) is 9.95. The van der Waals surface area contributed by atoms with Gasteiger partial charge in [0.25, 0.3) is 0 Å². The molecule has 0 aromatic heterocycles.